The van der Waals surface area contributed by atoms with Gasteiger partial charge >= 0.3 is 0 Å². The third-order valence-electron chi connectivity index (χ3n) is 10.3. The Balaban J connectivity index is 0.000000162. The monoisotopic (exact) mass is 708 g/mol. The fourth-order valence-corrected chi connectivity index (χ4v) is 7.28. The molecule has 2 aliphatic carbocycles. The molecule has 0 saturated heterocycles. The van der Waals surface area contributed by atoms with Gasteiger partial charge in [0, 0.05) is 36.6 Å². The standard InChI is InChI=1S/2C19H22N4O3/c2*1-11-7-8-13-12(9-11)17(22-21-13)18(24)20-14-10-26-16-6-4-3-5-15(16)23(2)19(14)25/h2*3-6,11,14H,7-10H2,1-2H3,(H,20,24)(H,21,22)/t11-,14+;11-,14-/m10/s1. The van der Waals surface area contributed by atoms with Crippen LogP contribution in [0.3, 0.4) is 0 Å². The Morgan fingerprint density at radius 3 is 1.52 bits per heavy atom. The largest absolute Gasteiger partial charge is 0.489 e. The molecule has 272 valence electrons. The fourth-order valence-electron chi connectivity index (χ4n) is 7.28. The molecule has 4 atom stereocenters. The summed E-state index contributed by atoms with van der Waals surface area (Å²) in [5.41, 5.74) is 6.18. The molecule has 0 saturated carbocycles. The molecule has 14 nitrogen and oxygen atoms in total. The van der Waals surface area contributed by atoms with E-state index in [9.17, 15) is 19.2 Å². The summed E-state index contributed by atoms with van der Waals surface area (Å²) < 4.78 is 11.5. The number of rotatable bonds is 4. The van der Waals surface area contributed by atoms with E-state index in [1.165, 1.54) is 9.80 Å². The van der Waals surface area contributed by atoms with E-state index in [0.29, 0.717) is 46.1 Å². The Morgan fingerprint density at radius 2 is 1.10 bits per heavy atom. The van der Waals surface area contributed by atoms with Crippen LogP contribution in [0.4, 0.5) is 11.4 Å². The Bertz CT molecular complexity index is 1860. The molecule has 2 aromatic carbocycles. The average Bonchev–Trinajstić information content (AvgIpc) is 3.72. The van der Waals surface area contributed by atoms with Gasteiger partial charge in [-0.3, -0.25) is 29.4 Å². The SMILES string of the molecule is C[C@@H]1CCc2[nH]nc(C(=O)N[C@H]3COc4ccccc4N(C)C3=O)c2C1.C[C@H]1CCc2[nH]nc(C(=O)N[C@H]3COc4ccccc4N(C)C3=O)c2C1. The number of hydrogen-bond donors (Lipinski definition) is 4. The number of amides is 4. The number of carbonyl (C=O) groups excluding carboxylic acids is 4. The number of aromatic amines is 2. The van der Waals surface area contributed by atoms with Crippen molar-refractivity contribution in [2.45, 2.75) is 64.5 Å². The quantitative estimate of drug-likeness (QED) is 0.250. The molecule has 0 bridgehead atoms. The van der Waals surface area contributed by atoms with E-state index in [2.05, 4.69) is 44.9 Å². The number of nitrogens with one attached hydrogen (secondary N) is 4. The van der Waals surface area contributed by atoms with Gasteiger partial charge in [0.05, 0.1) is 11.4 Å². The van der Waals surface area contributed by atoms with Gasteiger partial charge in [0.15, 0.2) is 11.4 Å². The molecular formula is C38H44N8O6. The van der Waals surface area contributed by atoms with Gasteiger partial charge in [-0.05, 0) is 74.6 Å². The molecule has 4 amide bonds. The van der Waals surface area contributed by atoms with Crippen molar-refractivity contribution in [1.29, 1.82) is 0 Å². The number of aromatic nitrogens is 4. The van der Waals surface area contributed by atoms with Gasteiger partial charge in [-0.2, -0.15) is 10.2 Å². The smallest absolute Gasteiger partial charge is 0.272 e. The van der Waals surface area contributed by atoms with E-state index < -0.39 is 12.1 Å². The van der Waals surface area contributed by atoms with Crippen molar-refractivity contribution in [3.63, 3.8) is 0 Å². The Hall–Kier alpha value is -5.66. The summed E-state index contributed by atoms with van der Waals surface area (Å²) in [6, 6.07) is 13.2. The first-order valence-electron chi connectivity index (χ1n) is 17.8. The summed E-state index contributed by atoms with van der Waals surface area (Å²) in [4.78, 5) is 54.1. The molecular weight excluding hydrogens is 664 g/mol. The van der Waals surface area contributed by atoms with Gasteiger partial charge in [0.2, 0.25) is 0 Å². The van der Waals surface area contributed by atoms with E-state index in [-0.39, 0.29) is 36.8 Å². The van der Waals surface area contributed by atoms with Gasteiger partial charge in [-0.15, -0.1) is 0 Å². The zero-order valence-electron chi connectivity index (χ0n) is 29.8. The molecule has 0 unspecified atom stereocenters. The van der Waals surface area contributed by atoms with Gasteiger partial charge in [-0.25, -0.2) is 0 Å². The number of H-pyrrole nitrogens is 2. The first-order chi connectivity index (χ1) is 25.1. The number of anilines is 2. The van der Waals surface area contributed by atoms with E-state index in [0.717, 1.165) is 61.0 Å². The fraction of sp³-hybridized carbons (Fsp3) is 0.421. The summed E-state index contributed by atoms with van der Waals surface area (Å²) in [6.07, 6.45) is 5.65. The summed E-state index contributed by atoms with van der Waals surface area (Å²) in [6.45, 7) is 4.53. The molecule has 4 aliphatic rings. The summed E-state index contributed by atoms with van der Waals surface area (Å²) in [5, 5.41) is 20.0. The molecule has 0 fully saturated rings. The van der Waals surface area contributed by atoms with Crippen LogP contribution in [0.5, 0.6) is 11.5 Å². The van der Waals surface area contributed by atoms with Crippen molar-refractivity contribution >= 4 is 35.0 Å². The van der Waals surface area contributed by atoms with Crippen molar-refractivity contribution in [2.24, 2.45) is 11.8 Å². The maximum absolute atomic E-state index is 12.8. The number of likely N-dealkylation sites (N-methyl/N-ethyl adjacent to an activating group) is 2. The molecule has 0 radical (unpaired) electrons. The van der Waals surface area contributed by atoms with Gasteiger partial charge in [0.1, 0.15) is 36.8 Å². The lowest BCUT2D eigenvalue weighted by atomic mass is 9.87. The van der Waals surface area contributed by atoms with Crippen LogP contribution < -0.4 is 29.9 Å². The van der Waals surface area contributed by atoms with Crippen LogP contribution in [0, 0.1) is 11.8 Å². The van der Waals surface area contributed by atoms with Crippen LogP contribution in [0.1, 0.15) is 70.2 Å². The lowest BCUT2D eigenvalue weighted by Gasteiger charge is -2.21. The lowest BCUT2D eigenvalue weighted by molar-refractivity contribution is -0.121. The molecule has 4 aromatic rings. The number of hydrogen-bond acceptors (Lipinski definition) is 8. The predicted octanol–water partition coefficient (Wildman–Crippen LogP) is 3.38. The zero-order valence-corrected chi connectivity index (χ0v) is 29.8. The highest BCUT2D eigenvalue weighted by atomic mass is 16.5. The highest BCUT2D eigenvalue weighted by Gasteiger charge is 2.34. The number of ether oxygens (including phenoxy) is 2. The average molecular weight is 709 g/mol. The molecule has 2 aromatic heterocycles. The van der Waals surface area contributed by atoms with E-state index >= 15 is 0 Å². The minimum Gasteiger partial charge on any atom is -0.489 e. The van der Waals surface area contributed by atoms with Crippen LogP contribution in [0.2, 0.25) is 0 Å². The topological polar surface area (TPSA) is 175 Å². The predicted molar refractivity (Wildman–Crippen MR) is 193 cm³/mol. The first-order valence-corrected chi connectivity index (χ1v) is 17.8. The van der Waals surface area contributed by atoms with Crippen molar-refractivity contribution in [3.8, 4) is 11.5 Å². The van der Waals surface area contributed by atoms with Gasteiger partial charge in [0.25, 0.3) is 23.6 Å². The molecule has 0 spiro atoms. The second-order valence-corrected chi connectivity index (χ2v) is 14.2. The molecule has 4 heterocycles. The minimum atomic E-state index is -0.756. The van der Waals surface area contributed by atoms with Crippen LogP contribution >= 0.6 is 0 Å². The second-order valence-electron chi connectivity index (χ2n) is 14.2. The number of nitrogens with zero attached hydrogens (tertiary/aromatic N) is 4. The second kappa shape index (κ2) is 14.5. The number of para-hydroxylation sites is 4. The third kappa shape index (κ3) is 6.84. The third-order valence-corrected chi connectivity index (χ3v) is 10.3. The van der Waals surface area contributed by atoms with E-state index in [1.807, 2.05) is 48.5 Å². The highest BCUT2D eigenvalue weighted by Crippen LogP contribution is 2.32. The maximum atomic E-state index is 12.8. The Kier molecular flexibility index (Phi) is 9.71. The van der Waals surface area contributed by atoms with E-state index in [4.69, 9.17) is 9.47 Å². The van der Waals surface area contributed by atoms with Crippen molar-refractivity contribution < 1.29 is 28.7 Å². The first kappa shape index (κ1) is 34.8. The van der Waals surface area contributed by atoms with Crippen LogP contribution in [-0.2, 0) is 35.3 Å². The van der Waals surface area contributed by atoms with E-state index in [1.54, 1.807) is 14.1 Å². The molecule has 52 heavy (non-hydrogen) atoms. The number of fused-ring (bicyclic) bond motifs is 4. The maximum Gasteiger partial charge on any atom is 0.272 e. The molecule has 4 N–H and O–H groups in total. The Morgan fingerprint density at radius 1 is 0.692 bits per heavy atom. The Labute approximate surface area is 301 Å². The van der Waals surface area contributed by atoms with Crippen molar-refractivity contribution in [1.82, 2.24) is 31.0 Å². The number of carbonyl (C=O) groups is 4. The van der Waals surface area contributed by atoms with Crippen molar-refractivity contribution in [3.05, 3.63) is 82.4 Å². The summed E-state index contributed by atoms with van der Waals surface area (Å²) in [5.74, 6) is 1.22. The normalized spacial score (nSPS) is 22.1. The zero-order chi connectivity index (χ0) is 36.5. The molecule has 8 rings (SSSR count). The minimum absolute atomic E-state index is 0.0922. The molecule has 2 aliphatic heterocycles. The number of benzene rings is 2. The van der Waals surface area contributed by atoms with Crippen LogP contribution in [0.15, 0.2) is 48.5 Å². The van der Waals surface area contributed by atoms with Crippen LogP contribution in [0.25, 0.3) is 0 Å². The number of aryl methyl sites for hydroxylation is 2. The summed E-state index contributed by atoms with van der Waals surface area (Å²) in [7, 11) is 3.38. The van der Waals surface area contributed by atoms with Crippen LogP contribution in [-0.4, -0.2) is 83.4 Å². The molecule has 14 heteroatoms. The van der Waals surface area contributed by atoms with Crippen molar-refractivity contribution in [2.75, 3.05) is 37.1 Å². The highest BCUT2D eigenvalue weighted by molar-refractivity contribution is 6.04. The van der Waals surface area contributed by atoms with Gasteiger partial charge in [-0.1, -0.05) is 38.1 Å². The summed E-state index contributed by atoms with van der Waals surface area (Å²) >= 11 is 0. The lowest BCUT2D eigenvalue weighted by Crippen LogP contribution is -2.49. The van der Waals surface area contributed by atoms with Gasteiger partial charge < -0.3 is 29.9 Å².